The Morgan fingerprint density at radius 1 is 1.33 bits per heavy atom. The van der Waals surface area contributed by atoms with Gasteiger partial charge in [0, 0.05) is 24.0 Å². The minimum Gasteiger partial charge on any atom is -0.326 e. The third-order valence-corrected chi connectivity index (χ3v) is 4.48. The second kappa shape index (κ2) is 5.81. The van der Waals surface area contributed by atoms with Gasteiger partial charge in [-0.2, -0.15) is 0 Å². The summed E-state index contributed by atoms with van der Waals surface area (Å²) in [6, 6.07) is 4.31. The van der Waals surface area contributed by atoms with Crippen LogP contribution in [0.4, 0.5) is 0 Å². The summed E-state index contributed by atoms with van der Waals surface area (Å²) >= 11 is 0. The number of rotatable bonds is 4. The summed E-state index contributed by atoms with van der Waals surface area (Å²) in [6.07, 6.45) is 11.1. The Morgan fingerprint density at radius 3 is 2.61 bits per heavy atom. The molecular weight excluding hydrogens is 222 g/mol. The highest BCUT2D eigenvalue weighted by Crippen LogP contribution is 2.35. The summed E-state index contributed by atoms with van der Waals surface area (Å²) in [7, 11) is 4.35. The summed E-state index contributed by atoms with van der Waals surface area (Å²) in [5.41, 5.74) is 7.97. The Hall–Kier alpha value is -0.930. The zero-order chi connectivity index (χ0) is 13.0. The molecule has 0 bridgehead atoms. The summed E-state index contributed by atoms with van der Waals surface area (Å²) in [5.74, 6) is 0. The predicted octanol–water partition coefficient (Wildman–Crippen LogP) is 2.22. The van der Waals surface area contributed by atoms with Crippen LogP contribution in [0.1, 0.15) is 37.7 Å². The molecule has 18 heavy (non-hydrogen) atoms. The highest BCUT2D eigenvalue weighted by Gasteiger charge is 2.39. The fourth-order valence-corrected chi connectivity index (χ4v) is 3.28. The fraction of sp³-hybridized carbons (Fsp3) is 0.667. The Balaban J connectivity index is 2.11. The van der Waals surface area contributed by atoms with Gasteiger partial charge < -0.3 is 10.6 Å². The Morgan fingerprint density at radius 2 is 2.06 bits per heavy atom. The normalized spacial score (nSPS) is 20.9. The first-order chi connectivity index (χ1) is 8.65. The fourth-order valence-electron chi connectivity index (χ4n) is 3.28. The van der Waals surface area contributed by atoms with Crippen molar-refractivity contribution in [2.75, 3.05) is 14.1 Å². The van der Waals surface area contributed by atoms with E-state index in [1.807, 2.05) is 18.5 Å². The predicted molar refractivity (Wildman–Crippen MR) is 75.4 cm³/mol. The van der Waals surface area contributed by atoms with E-state index in [-0.39, 0.29) is 11.6 Å². The molecule has 0 amide bonds. The lowest BCUT2D eigenvalue weighted by Crippen LogP contribution is -2.59. The largest absolute Gasteiger partial charge is 0.326 e. The molecule has 0 aromatic carbocycles. The van der Waals surface area contributed by atoms with E-state index in [1.54, 1.807) is 0 Å². The molecule has 1 saturated carbocycles. The molecule has 0 spiro atoms. The highest BCUT2D eigenvalue weighted by atomic mass is 15.2. The Kier molecular flexibility index (Phi) is 4.36. The van der Waals surface area contributed by atoms with Gasteiger partial charge in [-0.15, -0.1) is 0 Å². The van der Waals surface area contributed by atoms with Crippen LogP contribution in [-0.2, 0) is 6.42 Å². The van der Waals surface area contributed by atoms with Crippen molar-refractivity contribution in [3.63, 3.8) is 0 Å². The van der Waals surface area contributed by atoms with Gasteiger partial charge in [-0.1, -0.05) is 25.3 Å². The average Bonchev–Trinajstić information content (AvgIpc) is 2.40. The third kappa shape index (κ3) is 2.73. The van der Waals surface area contributed by atoms with Crippen LogP contribution in [0.5, 0.6) is 0 Å². The lowest BCUT2D eigenvalue weighted by atomic mass is 9.74. The average molecular weight is 247 g/mol. The molecule has 0 radical (unpaired) electrons. The number of hydrogen-bond donors (Lipinski definition) is 1. The van der Waals surface area contributed by atoms with Crippen LogP contribution in [-0.4, -0.2) is 35.6 Å². The van der Waals surface area contributed by atoms with Crippen molar-refractivity contribution in [2.24, 2.45) is 5.73 Å². The summed E-state index contributed by atoms with van der Waals surface area (Å²) in [6.45, 7) is 0. The maximum atomic E-state index is 6.55. The molecule has 2 rings (SSSR count). The van der Waals surface area contributed by atoms with Crippen LogP contribution >= 0.6 is 0 Å². The monoisotopic (exact) mass is 247 g/mol. The zero-order valence-corrected chi connectivity index (χ0v) is 11.6. The van der Waals surface area contributed by atoms with Crippen LogP contribution in [0.15, 0.2) is 24.5 Å². The van der Waals surface area contributed by atoms with Gasteiger partial charge in [0.05, 0.1) is 0 Å². The van der Waals surface area contributed by atoms with Gasteiger partial charge >= 0.3 is 0 Å². The van der Waals surface area contributed by atoms with Crippen molar-refractivity contribution in [2.45, 2.75) is 50.1 Å². The van der Waals surface area contributed by atoms with Gasteiger partial charge in [0.1, 0.15) is 0 Å². The van der Waals surface area contributed by atoms with Crippen LogP contribution in [0.2, 0.25) is 0 Å². The van der Waals surface area contributed by atoms with Gasteiger partial charge in [-0.05, 0) is 45.0 Å². The van der Waals surface area contributed by atoms with E-state index >= 15 is 0 Å². The van der Waals surface area contributed by atoms with E-state index in [4.69, 9.17) is 5.73 Å². The number of likely N-dealkylation sites (N-methyl/N-ethyl adjacent to an activating group) is 1. The van der Waals surface area contributed by atoms with Gasteiger partial charge in [0.15, 0.2) is 0 Å². The molecule has 1 fully saturated rings. The maximum absolute atomic E-state index is 6.55. The molecule has 100 valence electrons. The first kappa shape index (κ1) is 13.5. The minimum atomic E-state index is 0.175. The smallest absolute Gasteiger partial charge is 0.0357 e. The van der Waals surface area contributed by atoms with E-state index in [1.165, 1.54) is 37.7 Å². The molecule has 1 atom stereocenters. The number of nitrogens with two attached hydrogens (primary N) is 1. The molecule has 1 aliphatic rings. The summed E-state index contributed by atoms with van der Waals surface area (Å²) in [4.78, 5) is 6.54. The summed E-state index contributed by atoms with van der Waals surface area (Å²) in [5, 5.41) is 0. The molecule has 3 heteroatoms. The lowest BCUT2D eigenvalue weighted by Gasteiger charge is -2.47. The van der Waals surface area contributed by atoms with Gasteiger partial charge in [0.25, 0.3) is 0 Å². The van der Waals surface area contributed by atoms with E-state index in [9.17, 15) is 0 Å². The molecule has 0 saturated heterocycles. The molecule has 1 aromatic heterocycles. The molecular formula is C15H25N3. The molecule has 1 aromatic rings. The second-order valence-corrected chi connectivity index (χ2v) is 5.73. The van der Waals surface area contributed by atoms with Crippen LogP contribution in [0, 0.1) is 0 Å². The standard InChI is InChI=1S/C15H25N3/c1-18(2)15(8-4-3-5-9-15)14(16)11-13-7-6-10-17-12-13/h6-7,10,12,14H,3-5,8-9,11,16H2,1-2H3. The number of pyridine rings is 1. The van der Waals surface area contributed by atoms with Crippen molar-refractivity contribution in [1.29, 1.82) is 0 Å². The highest BCUT2D eigenvalue weighted by molar-refractivity contribution is 5.13. The van der Waals surface area contributed by atoms with Crippen LogP contribution in [0.3, 0.4) is 0 Å². The second-order valence-electron chi connectivity index (χ2n) is 5.73. The first-order valence-corrected chi connectivity index (χ1v) is 6.97. The van der Waals surface area contributed by atoms with E-state index < -0.39 is 0 Å². The quantitative estimate of drug-likeness (QED) is 0.887. The topological polar surface area (TPSA) is 42.1 Å². The van der Waals surface area contributed by atoms with E-state index in [0.717, 1.165) is 6.42 Å². The van der Waals surface area contributed by atoms with Crippen molar-refractivity contribution in [3.8, 4) is 0 Å². The third-order valence-electron chi connectivity index (χ3n) is 4.48. The number of nitrogens with zero attached hydrogens (tertiary/aromatic N) is 2. The van der Waals surface area contributed by atoms with Crippen molar-refractivity contribution in [1.82, 2.24) is 9.88 Å². The Labute approximate surface area is 110 Å². The van der Waals surface area contributed by atoms with Gasteiger partial charge in [0.2, 0.25) is 0 Å². The van der Waals surface area contributed by atoms with Crippen molar-refractivity contribution < 1.29 is 0 Å². The van der Waals surface area contributed by atoms with Crippen LogP contribution < -0.4 is 5.73 Å². The molecule has 3 nitrogen and oxygen atoms in total. The van der Waals surface area contributed by atoms with Crippen LogP contribution in [0.25, 0.3) is 0 Å². The molecule has 1 aliphatic carbocycles. The molecule has 0 aliphatic heterocycles. The lowest BCUT2D eigenvalue weighted by molar-refractivity contribution is 0.0715. The van der Waals surface area contributed by atoms with E-state index in [2.05, 4.69) is 30.0 Å². The molecule has 1 heterocycles. The number of hydrogen-bond acceptors (Lipinski definition) is 3. The summed E-state index contributed by atoms with van der Waals surface area (Å²) < 4.78 is 0. The Bertz CT molecular complexity index is 355. The zero-order valence-electron chi connectivity index (χ0n) is 11.6. The van der Waals surface area contributed by atoms with Crippen molar-refractivity contribution >= 4 is 0 Å². The SMILES string of the molecule is CN(C)C1(C(N)Cc2cccnc2)CCCCC1. The van der Waals surface area contributed by atoms with Crippen molar-refractivity contribution in [3.05, 3.63) is 30.1 Å². The minimum absolute atomic E-state index is 0.175. The van der Waals surface area contributed by atoms with Gasteiger partial charge in [-0.25, -0.2) is 0 Å². The van der Waals surface area contributed by atoms with E-state index in [0.29, 0.717) is 0 Å². The maximum Gasteiger partial charge on any atom is 0.0357 e. The molecule has 2 N–H and O–H groups in total. The molecule has 1 unspecified atom stereocenters. The van der Waals surface area contributed by atoms with Gasteiger partial charge in [-0.3, -0.25) is 4.98 Å². The first-order valence-electron chi connectivity index (χ1n) is 6.97. The number of aromatic nitrogens is 1.